The Morgan fingerprint density at radius 1 is 1.30 bits per heavy atom. The third-order valence-electron chi connectivity index (χ3n) is 3.52. The van der Waals surface area contributed by atoms with Gasteiger partial charge in [0, 0.05) is 18.7 Å². The van der Waals surface area contributed by atoms with Crippen LogP contribution >= 0.6 is 11.6 Å². The lowest BCUT2D eigenvalue weighted by Gasteiger charge is -2.29. The van der Waals surface area contributed by atoms with Gasteiger partial charge >= 0.3 is 0 Å². The quantitative estimate of drug-likeness (QED) is 0.927. The summed E-state index contributed by atoms with van der Waals surface area (Å²) in [6.07, 6.45) is -0.00143. The minimum atomic E-state index is -0.00143. The summed E-state index contributed by atoms with van der Waals surface area (Å²) in [5, 5.41) is 3.90. The van der Waals surface area contributed by atoms with Crippen LogP contribution in [-0.2, 0) is 4.74 Å². The number of morpholine rings is 1. The molecule has 112 valence electrons. The minimum absolute atomic E-state index is 0.00143. The van der Waals surface area contributed by atoms with Crippen molar-refractivity contribution in [2.45, 2.75) is 25.9 Å². The molecule has 0 aromatic heterocycles. The molecule has 1 aromatic rings. The first-order valence-electron chi connectivity index (χ1n) is 6.86. The maximum Gasteiger partial charge on any atom is 0.179 e. The molecule has 1 saturated heterocycles. The molecule has 20 heavy (non-hydrogen) atoms. The van der Waals surface area contributed by atoms with E-state index in [0.717, 1.165) is 24.2 Å². The second kappa shape index (κ2) is 6.66. The topological polar surface area (TPSA) is 39.7 Å². The Morgan fingerprint density at radius 3 is 2.50 bits per heavy atom. The number of ether oxygens (including phenoxy) is 3. The van der Waals surface area contributed by atoms with Gasteiger partial charge in [0.05, 0.1) is 32.0 Å². The van der Waals surface area contributed by atoms with E-state index < -0.39 is 0 Å². The van der Waals surface area contributed by atoms with E-state index in [2.05, 4.69) is 19.2 Å². The van der Waals surface area contributed by atoms with Crippen LogP contribution in [0.1, 0.15) is 37.0 Å². The summed E-state index contributed by atoms with van der Waals surface area (Å²) < 4.78 is 16.8. The van der Waals surface area contributed by atoms with E-state index in [0.29, 0.717) is 23.1 Å². The van der Waals surface area contributed by atoms with E-state index in [1.807, 2.05) is 6.07 Å². The fourth-order valence-electron chi connectivity index (χ4n) is 2.66. The Morgan fingerprint density at radius 2 is 2.00 bits per heavy atom. The Hall–Kier alpha value is -0.970. The Balaban J connectivity index is 2.57. The van der Waals surface area contributed by atoms with Crippen molar-refractivity contribution in [2.24, 2.45) is 0 Å². The van der Waals surface area contributed by atoms with Crippen LogP contribution < -0.4 is 14.8 Å². The highest BCUT2D eigenvalue weighted by Gasteiger charge is 2.27. The first-order valence-corrected chi connectivity index (χ1v) is 7.24. The number of hydrogen-bond acceptors (Lipinski definition) is 4. The van der Waals surface area contributed by atoms with Crippen molar-refractivity contribution in [3.8, 4) is 11.5 Å². The number of hydrogen-bond donors (Lipinski definition) is 1. The lowest BCUT2D eigenvalue weighted by molar-refractivity contribution is 0.0268. The minimum Gasteiger partial charge on any atom is -0.492 e. The van der Waals surface area contributed by atoms with Crippen LogP contribution in [0.2, 0.25) is 5.02 Å². The number of benzene rings is 1. The van der Waals surface area contributed by atoms with Crippen LogP contribution in [0.5, 0.6) is 11.5 Å². The molecule has 0 saturated carbocycles. The maximum atomic E-state index is 6.33. The lowest BCUT2D eigenvalue weighted by Crippen LogP contribution is -2.34. The predicted octanol–water partition coefficient (Wildman–Crippen LogP) is 3.14. The summed E-state index contributed by atoms with van der Waals surface area (Å²) in [6, 6.07) is 1.94. The molecular weight excluding hydrogens is 278 g/mol. The molecule has 1 aliphatic heterocycles. The van der Waals surface area contributed by atoms with Gasteiger partial charge < -0.3 is 19.5 Å². The molecule has 1 aromatic carbocycles. The molecule has 0 aliphatic carbocycles. The Bertz CT molecular complexity index is 471. The van der Waals surface area contributed by atoms with Crippen molar-refractivity contribution in [1.82, 2.24) is 5.32 Å². The zero-order valence-corrected chi connectivity index (χ0v) is 13.2. The monoisotopic (exact) mass is 299 g/mol. The van der Waals surface area contributed by atoms with Crippen molar-refractivity contribution in [1.29, 1.82) is 0 Å². The standard InChI is InChI=1S/C15H22ClNO3/c1-9(2)13-10(12-8-17-5-6-20-12)7-11(16)14(18-3)15(13)19-4/h7,9,12,17H,5-6,8H2,1-4H3. The summed E-state index contributed by atoms with van der Waals surface area (Å²) >= 11 is 6.33. The lowest BCUT2D eigenvalue weighted by atomic mass is 9.92. The van der Waals surface area contributed by atoms with Crippen LogP contribution in [0.4, 0.5) is 0 Å². The molecule has 1 atom stereocenters. The number of methoxy groups -OCH3 is 2. The van der Waals surface area contributed by atoms with Gasteiger partial charge in [0.15, 0.2) is 11.5 Å². The van der Waals surface area contributed by atoms with Crippen LogP contribution in [0.15, 0.2) is 6.07 Å². The molecule has 0 radical (unpaired) electrons. The van der Waals surface area contributed by atoms with Crippen LogP contribution in [0, 0.1) is 0 Å². The molecule has 4 nitrogen and oxygen atoms in total. The number of halogens is 1. The van der Waals surface area contributed by atoms with Crippen molar-refractivity contribution < 1.29 is 14.2 Å². The second-order valence-electron chi connectivity index (χ2n) is 5.15. The van der Waals surface area contributed by atoms with E-state index in [9.17, 15) is 0 Å². The van der Waals surface area contributed by atoms with E-state index >= 15 is 0 Å². The predicted molar refractivity (Wildman–Crippen MR) is 80.2 cm³/mol. The van der Waals surface area contributed by atoms with Gasteiger partial charge in [-0.25, -0.2) is 0 Å². The molecule has 2 rings (SSSR count). The van der Waals surface area contributed by atoms with Gasteiger partial charge in [-0.3, -0.25) is 0 Å². The third kappa shape index (κ3) is 2.87. The highest BCUT2D eigenvalue weighted by Crippen LogP contribution is 2.45. The molecule has 0 bridgehead atoms. The largest absolute Gasteiger partial charge is 0.492 e. The number of rotatable bonds is 4. The first kappa shape index (κ1) is 15.4. The SMILES string of the molecule is COc1c(Cl)cc(C2CNCCO2)c(C(C)C)c1OC. The summed E-state index contributed by atoms with van der Waals surface area (Å²) in [5.41, 5.74) is 2.18. The molecule has 0 spiro atoms. The van der Waals surface area contributed by atoms with E-state index in [1.165, 1.54) is 0 Å². The first-order chi connectivity index (χ1) is 9.60. The zero-order valence-electron chi connectivity index (χ0n) is 12.5. The molecular formula is C15H22ClNO3. The van der Waals surface area contributed by atoms with Crippen LogP contribution in [0.3, 0.4) is 0 Å². The molecule has 5 heteroatoms. The van der Waals surface area contributed by atoms with Crippen LogP contribution in [0.25, 0.3) is 0 Å². The molecule has 0 amide bonds. The van der Waals surface area contributed by atoms with E-state index in [4.69, 9.17) is 25.8 Å². The van der Waals surface area contributed by atoms with Crippen molar-refractivity contribution >= 4 is 11.6 Å². The molecule has 1 N–H and O–H groups in total. The van der Waals surface area contributed by atoms with Gasteiger partial charge in [-0.05, 0) is 17.5 Å². The van der Waals surface area contributed by atoms with Gasteiger partial charge in [-0.2, -0.15) is 0 Å². The van der Waals surface area contributed by atoms with Crippen molar-refractivity contribution in [3.05, 3.63) is 22.2 Å². The summed E-state index contributed by atoms with van der Waals surface area (Å²) in [5.74, 6) is 1.58. The molecule has 1 unspecified atom stereocenters. The average molecular weight is 300 g/mol. The third-order valence-corrected chi connectivity index (χ3v) is 3.80. The second-order valence-corrected chi connectivity index (χ2v) is 5.55. The normalized spacial score (nSPS) is 19.2. The highest BCUT2D eigenvalue weighted by molar-refractivity contribution is 6.32. The van der Waals surface area contributed by atoms with Gasteiger partial charge in [0.25, 0.3) is 0 Å². The van der Waals surface area contributed by atoms with Crippen LogP contribution in [-0.4, -0.2) is 33.9 Å². The van der Waals surface area contributed by atoms with Gasteiger partial charge in [-0.15, -0.1) is 0 Å². The highest BCUT2D eigenvalue weighted by atomic mass is 35.5. The Kier molecular flexibility index (Phi) is 5.13. The summed E-state index contributed by atoms with van der Waals surface area (Å²) in [7, 11) is 3.25. The van der Waals surface area contributed by atoms with E-state index in [1.54, 1.807) is 14.2 Å². The van der Waals surface area contributed by atoms with Crippen molar-refractivity contribution in [3.63, 3.8) is 0 Å². The smallest absolute Gasteiger partial charge is 0.179 e. The molecule has 1 aliphatic rings. The maximum absolute atomic E-state index is 6.33. The van der Waals surface area contributed by atoms with Gasteiger partial charge in [-0.1, -0.05) is 25.4 Å². The fourth-order valence-corrected chi connectivity index (χ4v) is 2.94. The zero-order chi connectivity index (χ0) is 14.7. The van der Waals surface area contributed by atoms with Gasteiger partial charge in [0.2, 0.25) is 0 Å². The van der Waals surface area contributed by atoms with Crippen molar-refractivity contribution in [2.75, 3.05) is 33.9 Å². The Labute approximate surface area is 125 Å². The van der Waals surface area contributed by atoms with Gasteiger partial charge in [0.1, 0.15) is 0 Å². The molecule has 1 fully saturated rings. The van der Waals surface area contributed by atoms with E-state index in [-0.39, 0.29) is 12.0 Å². The fraction of sp³-hybridized carbons (Fsp3) is 0.600. The number of nitrogens with one attached hydrogen (secondary N) is 1. The summed E-state index contributed by atoms with van der Waals surface area (Å²) in [4.78, 5) is 0. The summed E-state index contributed by atoms with van der Waals surface area (Å²) in [6.45, 7) is 6.63. The molecule has 1 heterocycles. The average Bonchev–Trinajstić information content (AvgIpc) is 2.46.